The van der Waals surface area contributed by atoms with Gasteiger partial charge >= 0.3 is 198 Å². The Kier molecular flexibility index (Phi) is 7.28. The van der Waals surface area contributed by atoms with E-state index in [1.54, 1.807) is 0 Å². The second-order valence-corrected chi connectivity index (χ2v) is 11.4. The van der Waals surface area contributed by atoms with Crippen LogP contribution in [0.4, 0.5) is 5.69 Å². The number of fused-ring (bicyclic) bond motifs is 1. The third-order valence-corrected chi connectivity index (χ3v) is 7.45. The molecule has 2 aromatic carbocycles. The van der Waals surface area contributed by atoms with Crippen molar-refractivity contribution >= 4 is 37.7 Å². The quantitative estimate of drug-likeness (QED) is 0.349. The van der Waals surface area contributed by atoms with Crippen LogP contribution in [0, 0.1) is 13.8 Å². The van der Waals surface area contributed by atoms with E-state index in [0.29, 0.717) is 6.61 Å². The number of esters is 1. The summed E-state index contributed by atoms with van der Waals surface area (Å²) in [6.45, 7) is 13.4. The van der Waals surface area contributed by atoms with Crippen molar-refractivity contribution in [1.82, 2.24) is 0 Å². The summed E-state index contributed by atoms with van der Waals surface area (Å²) in [5.41, 5.74) is 7.73. The summed E-state index contributed by atoms with van der Waals surface area (Å²) in [6.07, 6.45) is 1.40. The summed E-state index contributed by atoms with van der Waals surface area (Å²) in [5.74, 6) is -0.316. The molecule has 5 heteroatoms. The normalized spacial score (nSPS) is 14.9. The molecule has 0 spiro atoms. The Morgan fingerprint density at radius 3 is 2.47 bits per heavy atom. The van der Waals surface area contributed by atoms with Crippen molar-refractivity contribution in [3.8, 4) is 11.1 Å². The molecule has 0 bridgehead atoms. The Labute approximate surface area is 197 Å². The van der Waals surface area contributed by atoms with Gasteiger partial charge in [-0.1, -0.05) is 0 Å². The van der Waals surface area contributed by atoms with Crippen molar-refractivity contribution in [2.24, 2.45) is 0 Å². The van der Waals surface area contributed by atoms with Gasteiger partial charge in [0.05, 0.1) is 0 Å². The van der Waals surface area contributed by atoms with Crippen LogP contribution in [0.15, 0.2) is 30.3 Å². The molecule has 0 radical (unpaired) electrons. The average Bonchev–Trinajstić information content (AvgIpc) is 2.66. The number of benzene rings is 2. The van der Waals surface area contributed by atoms with Crippen LogP contribution in [-0.4, -0.2) is 50.8 Å². The fraction of sp³-hybridized carbons (Fsp3) is 0.480. The van der Waals surface area contributed by atoms with Gasteiger partial charge in [0.1, 0.15) is 0 Å². The van der Waals surface area contributed by atoms with Gasteiger partial charge < -0.3 is 0 Å². The van der Waals surface area contributed by atoms with E-state index in [1.165, 1.54) is 16.8 Å². The van der Waals surface area contributed by atoms with Crippen LogP contribution < -0.4 is 2.71 Å². The van der Waals surface area contributed by atoms with Crippen LogP contribution in [0.5, 0.6) is 0 Å². The Hall–Kier alpha value is -1.41. The van der Waals surface area contributed by atoms with Crippen molar-refractivity contribution in [3.05, 3.63) is 52.6 Å². The van der Waals surface area contributed by atoms with Crippen LogP contribution in [0.25, 0.3) is 11.1 Å². The zero-order valence-corrected chi connectivity index (χ0v) is 23.5. The maximum absolute atomic E-state index is 13.1. The van der Waals surface area contributed by atoms with Crippen LogP contribution in [-0.2, 0) is 20.7 Å². The number of aryl methyl sites for hydroxylation is 2. The minimum atomic E-state index is -0.751. The van der Waals surface area contributed by atoms with E-state index >= 15 is 0 Å². The fourth-order valence-electron chi connectivity index (χ4n) is 4.10. The molecule has 1 aliphatic heterocycles. The number of nitrogens with zero attached hydrogens (tertiary/aromatic N) is 1. The Morgan fingerprint density at radius 2 is 1.87 bits per heavy atom. The van der Waals surface area contributed by atoms with Crippen molar-refractivity contribution in [3.63, 3.8) is 0 Å². The summed E-state index contributed by atoms with van der Waals surface area (Å²) in [5, 5.41) is 0. The van der Waals surface area contributed by atoms with Gasteiger partial charge in [-0.2, -0.15) is 0 Å². The van der Waals surface area contributed by atoms with Crippen LogP contribution >= 0.6 is 0 Å². The molecule has 1 aliphatic rings. The van der Waals surface area contributed by atoms with Gasteiger partial charge in [-0.25, -0.2) is 0 Å². The zero-order valence-electron chi connectivity index (χ0n) is 19.0. The Morgan fingerprint density at radius 1 is 1.20 bits per heavy atom. The molecular weight excluding hydrogens is 567 g/mol. The maximum atomic E-state index is 13.1. The first-order valence-corrected chi connectivity index (χ1v) is 12.7. The van der Waals surface area contributed by atoms with Gasteiger partial charge in [0, 0.05) is 0 Å². The number of carbonyl (C=O) groups is 1. The standard InChI is InChI=1S/C25H32NO3.Tl/c1-7-28-24(27)23(29-25(4,5)6)21-17(3)15-20-19(9-8-14-26-20)22(21)18-12-10-16(2)11-13-18;/h10-13,15,23H,7-9,14H2,1-6H3;/q-1;+1. The second-order valence-electron chi connectivity index (χ2n) is 9.01. The average molecular weight is 599 g/mol. The Balaban J connectivity index is 2.30. The van der Waals surface area contributed by atoms with Gasteiger partial charge in [-0.3, -0.25) is 0 Å². The van der Waals surface area contributed by atoms with E-state index in [4.69, 9.17) is 9.47 Å². The van der Waals surface area contributed by atoms with E-state index in [9.17, 15) is 4.79 Å². The van der Waals surface area contributed by atoms with Gasteiger partial charge in [0.25, 0.3) is 0 Å². The first-order valence-electron chi connectivity index (χ1n) is 10.7. The number of ether oxygens (including phenoxy) is 2. The van der Waals surface area contributed by atoms with E-state index < -0.39 is 11.7 Å². The van der Waals surface area contributed by atoms with Crippen molar-refractivity contribution < 1.29 is 14.3 Å². The molecule has 0 aliphatic carbocycles. The summed E-state index contributed by atoms with van der Waals surface area (Å²) in [6, 6.07) is 10.9. The molecule has 4 nitrogen and oxygen atoms in total. The van der Waals surface area contributed by atoms with Crippen molar-refractivity contribution in [2.75, 3.05) is 15.9 Å². The molecule has 30 heavy (non-hydrogen) atoms. The molecule has 0 amide bonds. The predicted octanol–water partition coefficient (Wildman–Crippen LogP) is 5.23. The number of carbonyl (C=O) groups excluding carboxylic acids is 1. The van der Waals surface area contributed by atoms with Gasteiger partial charge in [0.2, 0.25) is 0 Å². The molecule has 158 valence electrons. The molecule has 0 N–H and O–H groups in total. The molecule has 2 aromatic rings. The molecule has 1 heterocycles. The van der Waals surface area contributed by atoms with E-state index in [0.717, 1.165) is 67.7 Å². The van der Waals surface area contributed by atoms with Gasteiger partial charge in [-0.05, 0) is 0 Å². The van der Waals surface area contributed by atoms with Crippen molar-refractivity contribution in [2.45, 2.75) is 66.1 Å². The van der Waals surface area contributed by atoms with Gasteiger partial charge in [-0.15, -0.1) is 0 Å². The molecule has 3 rings (SSSR count). The van der Waals surface area contributed by atoms with Crippen LogP contribution in [0.3, 0.4) is 0 Å². The fourth-order valence-corrected chi connectivity index (χ4v) is 5.70. The molecule has 1 unspecified atom stereocenters. The van der Waals surface area contributed by atoms with Crippen molar-refractivity contribution in [1.29, 1.82) is 0 Å². The number of hydrogen-bond acceptors (Lipinski definition) is 4. The molecule has 1 atom stereocenters. The zero-order chi connectivity index (χ0) is 22.1. The van der Waals surface area contributed by atoms with E-state index in [-0.39, 0.29) is 5.97 Å². The molecule has 0 aromatic heterocycles. The monoisotopic (exact) mass is 599 g/mol. The van der Waals surface area contributed by atoms with Crippen LogP contribution in [0.1, 0.15) is 62.5 Å². The first-order chi connectivity index (χ1) is 14.1. The predicted molar refractivity (Wildman–Crippen MR) is 123 cm³/mol. The van der Waals surface area contributed by atoms with Gasteiger partial charge in [0.15, 0.2) is 0 Å². The Bertz CT molecular complexity index is 915. The molecule has 0 saturated heterocycles. The summed E-state index contributed by atoms with van der Waals surface area (Å²) < 4.78 is 14.3. The molecule has 0 fully saturated rings. The summed E-state index contributed by atoms with van der Waals surface area (Å²) in [7, 11) is 0. The minimum absolute atomic E-state index is 0.316. The number of anilines is 1. The first kappa shape index (κ1) is 23.3. The molecule has 0 saturated carbocycles. The SMILES string of the molecule is CCOC(=O)C(OC(C)(C)C)c1c(C)cc2c(c1-c1ccc(C)cc1)CCC[N]2[Tl]. The van der Waals surface area contributed by atoms with E-state index in [1.807, 2.05) is 27.7 Å². The summed E-state index contributed by atoms with van der Waals surface area (Å²) in [4.78, 5) is 13.1. The topological polar surface area (TPSA) is 38.8 Å². The third-order valence-electron chi connectivity index (χ3n) is 5.37. The van der Waals surface area contributed by atoms with E-state index in [2.05, 4.69) is 46.9 Å². The summed E-state index contributed by atoms with van der Waals surface area (Å²) >= 11 is 0.747. The third kappa shape index (κ3) is 5.07. The molecular formula is C25H32NO3Tl. The number of hydrogen-bond donors (Lipinski definition) is 0. The number of rotatable bonds is 5. The van der Waals surface area contributed by atoms with Crippen LogP contribution in [0.2, 0.25) is 0 Å². The second kappa shape index (κ2) is 9.39.